The highest BCUT2D eigenvalue weighted by molar-refractivity contribution is 7.89. The molecule has 2 atom stereocenters. The van der Waals surface area contributed by atoms with Gasteiger partial charge in [0.25, 0.3) is 0 Å². The molecule has 166 valence electrons. The van der Waals surface area contributed by atoms with Crippen LogP contribution in [0.5, 0.6) is 0 Å². The molecule has 8 nitrogen and oxygen atoms in total. The lowest BCUT2D eigenvalue weighted by Crippen LogP contribution is -2.41. The van der Waals surface area contributed by atoms with Gasteiger partial charge in [0.05, 0.1) is 17.9 Å². The van der Waals surface area contributed by atoms with Gasteiger partial charge in [0.1, 0.15) is 29.5 Å². The van der Waals surface area contributed by atoms with Gasteiger partial charge >= 0.3 is 6.18 Å². The Hall–Kier alpha value is -2.96. The van der Waals surface area contributed by atoms with Crippen LogP contribution in [0.2, 0.25) is 5.02 Å². The molecule has 2 aromatic heterocycles. The summed E-state index contributed by atoms with van der Waals surface area (Å²) >= 11 is 6.46. The zero-order valence-corrected chi connectivity index (χ0v) is 17.7. The number of rotatable bonds is 3. The Kier molecular flexibility index (Phi) is 4.59. The molecule has 0 amide bonds. The fourth-order valence-corrected chi connectivity index (χ4v) is 6.14. The van der Waals surface area contributed by atoms with Crippen molar-refractivity contribution in [3.8, 4) is 0 Å². The molecule has 13 heteroatoms. The van der Waals surface area contributed by atoms with Gasteiger partial charge in [0.2, 0.25) is 10.0 Å². The molecule has 5 rings (SSSR count). The Morgan fingerprint density at radius 2 is 1.94 bits per heavy atom. The molecule has 0 saturated carbocycles. The molecule has 1 aromatic carbocycles. The fraction of sp³-hybridized carbons (Fsp3) is 0.211. The van der Waals surface area contributed by atoms with Crippen LogP contribution in [0.4, 0.5) is 13.2 Å². The van der Waals surface area contributed by atoms with E-state index in [-0.39, 0.29) is 5.71 Å². The van der Waals surface area contributed by atoms with Crippen LogP contribution >= 0.6 is 11.6 Å². The Balaban J connectivity index is 1.73. The number of fused-ring (bicyclic) bond motifs is 7. The lowest BCUT2D eigenvalue weighted by Gasteiger charge is -2.34. The van der Waals surface area contributed by atoms with Crippen molar-refractivity contribution in [1.82, 2.24) is 19.5 Å². The fourth-order valence-electron chi connectivity index (χ4n) is 4.19. The topological polar surface area (TPSA) is 101 Å². The number of halogens is 4. The Morgan fingerprint density at radius 3 is 2.59 bits per heavy atom. The minimum atomic E-state index is -4.69. The van der Waals surface area contributed by atoms with Gasteiger partial charge in [-0.1, -0.05) is 28.9 Å². The third-order valence-corrected chi connectivity index (χ3v) is 7.58. The molecule has 32 heavy (non-hydrogen) atoms. The van der Waals surface area contributed by atoms with Crippen LogP contribution in [0.3, 0.4) is 0 Å². The van der Waals surface area contributed by atoms with Gasteiger partial charge in [-0.05, 0) is 23.8 Å². The highest BCUT2D eigenvalue weighted by Crippen LogP contribution is 2.55. The van der Waals surface area contributed by atoms with Crippen molar-refractivity contribution in [2.24, 2.45) is 5.16 Å². The molecule has 4 heterocycles. The average molecular weight is 484 g/mol. The van der Waals surface area contributed by atoms with E-state index in [1.807, 2.05) is 0 Å². The van der Waals surface area contributed by atoms with Crippen molar-refractivity contribution < 1.29 is 26.4 Å². The molecule has 0 aliphatic carbocycles. The zero-order valence-electron chi connectivity index (χ0n) is 16.1. The van der Waals surface area contributed by atoms with E-state index in [0.717, 1.165) is 10.4 Å². The highest BCUT2D eigenvalue weighted by atomic mass is 35.5. The van der Waals surface area contributed by atoms with Crippen molar-refractivity contribution in [2.45, 2.75) is 23.2 Å². The van der Waals surface area contributed by atoms with Gasteiger partial charge in [-0.3, -0.25) is 10.1 Å². The number of sulfonamides is 1. The number of aromatic nitrogens is 3. The van der Waals surface area contributed by atoms with Gasteiger partial charge in [-0.2, -0.15) is 22.6 Å². The summed E-state index contributed by atoms with van der Waals surface area (Å²) in [7, 11) is -3.03. The lowest BCUT2D eigenvalue weighted by atomic mass is 9.99. The normalized spacial score (nSPS) is 21.5. The standard InChI is InChI=1S/C19H13ClF3N5O3S/c1-31-27-16-15-11(8-25-26-15)17-10-3-2-4-12(20)14(10)18(16)28(17)32(29,30)9-5-6-13(24-7-9)19(21,22)23/h2-8,17-18H,1H3,(H,25,26)/b27-16-. The first-order valence-electron chi connectivity index (χ1n) is 9.16. The summed E-state index contributed by atoms with van der Waals surface area (Å²) in [5.74, 6) is 0. The second-order valence-electron chi connectivity index (χ2n) is 7.12. The van der Waals surface area contributed by atoms with E-state index in [2.05, 4.69) is 20.3 Å². The first-order valence-corrected chi connectivity index (χ1v) is 11.0. The molecule has 0 fully saturated rings. The molecule has 2 bridgehead atoms. The number of nitrogens with zero attached hydrogens (tertiary/aromatic N) is 4. The molecule has 3 aromatic rings. The maximum atomic E-state index is 13.7. The van der Waals surface area contributed by atoms with Crippen molar-refractivity contribution >= 4 is 27.3 Å². The van der Waals surface area contributed by atoms with Crippen molar-refractivity contribution in [1.29, 1.82) is 0 Å². The van der Waals surface area contributed by atoms with Crippen molar-refractivity contribution in [3.63, 3.8) is 0 Å². The first kappa shape index (κ1) is 20.9. The number of nitrogens with one attached hydrogen (secondary N) is 1. The molecule has 2 aliphatic heterocycles. The molecule has 2 unspecified atom stereocenters. The molecule has 2 aliphatic rings. The van der Waals surface area contributed by atoms with Crippen LogP contribution in [0, 0.1) is 0 Å². The molecule has 0 spiro atoms. The van der Waals surface area contributed by atoms with E-state index in [0.29, 0.717) is 39.7 Å². The predicted molar refractivity (Wildman–Crippen MR) is 106 cm³/mol. The van der Waals surface area contributed by atoms with E-state index in [1.54, 1.807) is 18.2 Å². The van der Waals surface area contributed by atoms with Gasteiger partial charge in [0.15, 0.2) is 0 Å². The van der Waals surface area contributed by atoms with E-state index in [4.69, 9.17) is 16.4 Å². The number of benzene rings is 1. The van der Waals surface area contributed by atoms with Crippen molar-refractivity contribution in [3.05, 3.63) is 75.8 Å². The number of hydrogen-bond donors (Lipinski definition) is 1. The molecule has 0 radical (unpaired) electrons. The summed E-state index contributed by atoms with van der Waals surface area (Å²) in [4.78, 5) is 7.88. The third-order valence-electron chi connectivity index (χ3n) is 5.43. The summed E-state index contributed by atoms with van der Waals surface area (Å²) in [6.45, 7) is 0. The number of aromatic amines is 1. The number of H-pyrrole nitrogens is 1. The van der Waals surface area contributed by atoms with Crippen LogP contribution in [0.15, 0.2) is 52.8 Å². The van der Waals surface area contributed by atoms with E-state index < -0.39 is 38.9 Å². The monoisotopic (exact) mass is 483 g/mol. The van der Waals surface area contributed by atoms with E-state index in [1.165, 1.54) is 13.3 Å². The molecule has 1 N–H and O–H groups in total. The largest absolute Gasteiger partial charge is 0.433 e. The number of alkyl halides is 3. The molecular formula is C19H13ClF3N5O3S. The Bertz CT molecular complexity index is 1360. The van der Waals surface area contributed by atoms with Crippen LogP contribution < -0.4 is 0 Å². The third kappa shape index (κ3) is 2.86. The van der Waals surface area contributed by atoms with Crippen LogP contribution in [-0.4, -0.2) is 40.7 Å². The highest BCUT2D eigenvalue weighted by Gasteiger charge is 2.55. The molecular weight excluding hydrogens is 471 g/mol. The number of hydrogen-bond acceptors (Lipinski definition) is 6. The van der Waals surface area contributed by atoms with Crippen LogP contribution in [0.25, 0.3) is 0 Å². The minimum Gasteiger partial charge on any atom is -0.399 e. The quantitative estimate of drug-likeness (QED) is 0.573. The van der Waals surface area contributed by atoms with Crippen LogP contribution in [-0.2, 0) is 21.0 Å². The summed E-state index contributed by atoms with van der Waals surface area (Å²) in [5, 5.41) is 11.2. The number of oxime groups is 1. The van der Waals surface area contributed by atoms with Crippen LogP contribution in [0.1, 0.15) is 40.2 Å². The second-order valence-corrected chi connectivity index (χ2v) is 9.37. The van der Waals surface area contributed by atoms with E-state index in [9.17, 15) is 21.6 Å². The zero-order chi connectivity index (χ0) is 22.8. The minimum absolute atomic E-state index is 0.228. The van der Waals surface area contributed by atoms with Gasteiger partial charge in [-0.15, -0.1) is 0 Å². The molecule has 0 saturated heterocycles. The van der Waals surface area contributed by atoms with Gasteiger partial charge in [-0.25, -0.2) is 8.42 Å². The lowest BCUT2D eigenvalue weighted by molar-refractivity contribution is -0.141. The second kappa shape index (κ2) is 7.02. The predicted octanol–water partition coefficient (Wildman–Crippen LogP) is 3.68. The maximum absolute atomic E-state index is 13.7. The summed E-state index contributed by atoms with van der Waals surface area (Å²) in [6.07, 6.45) is -2.52. The summed E-state index contributed by atoms with van der Waals surface area (Å²) in [5.41, 5.74) is 1.18. The average Bonchev–Trinajstić information content (AvgIpc) is 3.33. The van der Waals surface area contributed by atoms with Crippen molar-refractivity contribution in [2.75, 3.05) is 7.11 Å². The van der Waals surface area contributed by atoms with Gasteiger partial charge < -0.3 is 4.84 Å². The SMILES string of the molecule is CO/N=C1/c2[nH]ncc2C2c3cccc(Cl)c3C1N2S(=O)(=O)c1ccc(C(F)(F)F)nc1. The Labute approximate surface area is 184 Å². The summed E-state index contributed by atoms with van der Waals surface area (Å²) in [6, 6.07) is 4.78. The summed E-state index contributed by atoms with van der Waals surface area (Å²) < 4.78 is 67.3. The smallest absolute Gasteiger partial charge is 0.399 e. The maximum Gasteiger partial charge on any atom is 0.433 e. The van der Waals surface area contributed by atoms with E-state index >= 15 is 0 Å². The van der Waals surface area contributed by atoms with Gasteiger partial charge in [0, 0.05) is 22.3 Å². The number of pyridine rings is 1. The Morgan fingerprint density at radius 1 is 1.16 bits per heavy atom. The first-order chi connectivity index (χ1) is 15.2.